The zero-order valence-electron chi connectivity index (χ0n) is 18.6. The Balaban J connectivity index is 1.29. The van der Waals surface area contributed by atoms with Gasteiger partial charge < -0.3 is 9.64 Å². The maximum Gasteiger partial charge on any atom is 0.316 e. The van der Waals surface area contributed by atoms with Crippen LogP contribution in [0, 0.1) is 24.7 Å². The Bertz CT molecular complexity index is 1210. The molecule has 2 aromatic carbocycles. The lowest BCUT2D eigenvalue weighted by Gasteiger charge is -2.18. The lowest BCUT2D eigenvalue weighted by atomic mass is 9.85. The highest BCUT2D eigenvalue weighted by Gasteiger charge is 2.48. The Hall–Kier alpha value is -3.45. The van der Waals surface area contributed by atoms with Crippen LogP contribution in [0.3, 0.4) is 0 Å². The van der Waals surface area contributed by atoms with Gasteiger partial charge in [-0.3, -0.25) is 19.2 Å². The molecule has 3 atom stereocenters. The summed E-state index contributed by atoms with van der Waals surface area (Å²) in [7, 11) is 0. The largest absolute Gasteiger partial charge is 0.426 e. The van der Waals surface area contributed by atoms with Gasteiger partial charge in [0.25, 0.3) is 0 Å². The Kier molecular flexibility index (Phi) is 5.73. The minimum Gasteiger partial charge on any atom is -0.426 e. The molecule has 2 heterocycles. The minimum absolute atomic E-state index is 0.0312. The van der Waals surface area contributed by atoms with Crippen molar-refractivity contribution >= 4 is 46.7 Å². The molecule has 5 rings (SSSR count). The molecule has 2 fully saturated rings. The van der Waals surface area contributed by atoms with E-state index < -0.39 is 11.9 Å². The molecule has 0 spiro atoms. The van der Waals surface area contributed by atoms with Crippen LogP contribution in [0.4, 0.5) is 11.4 Å². The Labute approximate surface area is 201 Å². The fourth-order valence-electron chi connectivity index (χ4n) is 4.81. The number of carbonyl (C=O) groups excluding carboxylic acids is 4. The van der Waals surface area contributed by atoms with Gasteiger partial charge in [-0.1, -0.05) is 35.9 Å². The van der Waals surface area contributed by atoms with Crippen molar-refractivity contribution in [2.75, 3.05) is 16.3 Å². The number of benzene rings is 2. The number of allylic oxidation sites excluding steroid dienone is 2. The Morgan fingerprint density at radius 2 is 1.68 bits per heavy atom. The number of hydrogen-bond acceptors (Lipinski definition) is 5. The van der Waals surface area contributed by atoms with E-state index in [1.165, 1.54) is 15.9 Å². The predicted molar refractivity (Wildman–Crippen MR) is 127 cm³/mol. The second-order valence-corrected chi connectivity index (χ2v) is 9.33. The van der Waals surface area contributed by atoms with Gasteiger partial charge in [-0.05, 0) is 49.6 Å². The van der Waals surface area contributed by atoms with E-state index in [4.69, 9.17) is 16.3 Å². The molecule has 8 heteroatoms. The molecule has 1 aliphatic carbocycles. The summed E-state index contributed by atoms with van der Waals surface area (Å²) in [6.07, 6.45) is 5.01. The van der Waals surface area contributed by atoms with Crippen molar-refractivity contribution in [2.45, 2.75) is 26.2 Å². The highest BCUT2D eigenvalue weighted by Crippen LogP contribution is 2.38. The molecule has 2 aliphatic heterocycles. The monoisotopic (exact) mass is 478 g/mol. The van der Waals surface area contributed by atoms with Gasteiger partial charge >= 0.3 is 5.97 Å². The molecule has 34 heavy (non-hydrogen) atoms. The Morgan fingerprint density at radius 1 is 0.971 bits per heavy atom. The molecule has 0 unspecified atom stereocenters. The van der Waals surface area contributed by atoms with E-state index in [0.717, 1.165) is 5.56 Å². The highest BCUT2D eigenvalue weighted by atomic mass is 35.5. The van der Waals surface area contributed by atoms with Crippen molar-refractivity contribution in [1.29, 1.82) is 0 Å². The van der Waals surface area contributed by atoms with E-state index in [2.05, 4.69) is 0 Å². The second-order valence-electron chi connectivity index (χ2n) is 8.93. The van der Waals surface area contributed by atoms with Gasteiger partial charge in [-0.2, -0.15) is 0 Å². The molecular formula is C26H23ClN2O5. The molecule has 2 saturated heterocycles. The molecule has 7 nitrogen and oxygen atoms in total. The van der Waals surface area contributed by atoms with E-state index in [1.807, 2.05) is 25.1 Å². The van der Waals surface area contributed by atoms with E-state index in [-0.39, 0.29) is 48.3 Å². The first kappa shape index (κ1) is 22.3. The highest BCUT2D eigenvalue weighted by molar-refractivity contribution is 6.31. The van der Waals surface area contributed by atoms with Crippen LogP contribution in [0.2, 0.25) is 5.02 Å². The molecule has 3 amide bonds. The van der Waals surface area contributed by atoms with Crippen LogP contribution in [0.1, 0.15) is 24.8 Å². The third kappa shape index (κ3) is 3.90. The number of amides is 3. The normalized spacial score (nSPS) is 24.1. The van der Waals surface area contributed by atoms with Crippen molar-refractivity contribution in [2.24, 2.45) is 17.8 Å². The van der Waals surface area contributed by atoms with Crippen LogP contribution in [0.15, 0.2) is 54.6 Å². The van der Waals surface area contributed by atoms with Gasteiger partial charge in [0.05, 0.1) is 23.4 Å². The van der Waals surface area contributed by atoms with Crippen LogP contribution in [0.5, 0.6) is 5.75 Å². The Morgan fingerprint density at radius 3 is 2.35 bits per heavy atom. The maximum absolute atomic E-state index is 12.9. The second kappa shape index (κ2) is 8.72. The van der Waals surface area contributed by atoms with E-state index in [9.17, 15) is 19.2 Å². The fraction of sp³-hybridized carbons (Fsp3) is 0.308. The van der Waals surface area contributed by atoms with Crippen LogP contribution >= 0.6 is 11.6 Å². The zero-order valence-corrected chi connectivity index (χ0v) is 19.3. The quantitative estimate of drug-likeness (QED) is 0.286. The van der Waals surface area contributed by atoms with Crippen molar-refractivity contribution in [3.8, 4) is 5.75 Å². The van der Waals surface area contributed by atoms with Gasteiger partial charge in [-0.15, -0.1) is 0 Å². The summed E-state index contributed by atoms with van der Waals surface area (Å²) < 4.78 is 5.56. The average molecular weight is 479 g/mol. The first-order chi connectivity index (χ1) is 16.3. The number of halogens is 1. The van der Waals surface area contributed by atoms with Gasteiger partial charge in [0, 0.05) is 29.7 Å². The summed E-state index contributed by atoms with van der Waals surface area (Å²) in [6.45, 7) is 2.07. The summed E-state index contributed by atoms with van der Waals surface area (Å²) in [4.78, 5) is 53.8. The number of esters is 1. The summed E-state index contributed by atoms with van der Waals surface area (Å²) in [6, 6.07) is 11.7. The van der Waals surface area contributed by atoms with Gasteiger partial charge in [0.1, 0.15) is 5.75 Å². The first-order valence-corrected chi connectivity index (χ1v) is 11.6. The zero-order chi connectivity index (χ0) is 24.0. The molecule has 0 saturated carbocycles. The minimum atomic E-state index is -0.639. The fourth-order valence-corrected chi connectivity index (χ4v) is 4.98. The maximum atomic E-state index is 12.9. The van der Waals surface area contributed by atoms with Crippen molar-refractivity contribution in [1.82, 2.24) is 0 Å². The van der Waals surface area contributed by atoms with Crippen LogP contribution in [0.25, 0.3) is 0 Å². The summed E-state index contributed by atoms with van der Waals surface area (Å²) in [5, 5.41) is 0.551. The summed E-state index contributed by atoms with van der Waals surface area (Å²) >= 11 is 6.19. The van der Waals surface area contributed by atoms with Crippen molar-refractivity contribution in [3.63, 3.8) is 0 Å². The molecule has 0 bridgehead atoms. The number of aryl methyl sites for hydroxylation is 1. The number of rotatable bonds is 4. The molecule has 174 valence electrons. The number of nitrogens with zero attached hydrogens (tertiary/aromatic N) is 2. The van der Waals surface area contributed by atoms with E-state index in [1.54, 1.807) is 30.3 Å². The number of hydrogen-bond donors (Lipinski definition) is 0. The van der Waals surface area contributed by atoms with E-state index >= 15 is 0 Å². The number of ether oxygens (including phenoxy) is 1. The lowest BCUT2D eigenvalue weighted by molar-refractivity contribution is -0.139. The summed E-state index contributed by atoms with van der Waals surface area (Å²) in [5.41, 5.74) is 1.92. The third-order valence-corrected chi connectivity index (χ3v) is 7.13. The van der Waals surface area contributed by atoms with Gasteiger partial charge in [0.15, 0.2) is 0 Å². The smallest absolute Gasteiger partial charge is 0.316 e. The number of carbonyl (C=O) groups is 4. The SMILES string of the molecule is Cc1ccc(N2C[C@H](C(=O)Oc3cccc(N4C(=O)[C@@H]5CC=CC[C@H]5C4=O)c3)CC2=O)cc1Cl. The van der Waals surface area contributed by atoms with Gasteiger partial charge in [0.2, 0.25) is 17.7 Å². The van der Waals surface area contributed by atoms with Gasteiger partial charge in [-0.25, -0.2) is 4.90 Å². The molecular weight excluding hydrogens is 456 g/mol. The number of fused-ring (bicyclic) bond motifs is 1. The molecule has 0 radical (unpaired) electrons. The van der Waals surface area contributed by atoms with E-state index in [0.29, 0.717) is 29.2 Å². The third-order valence-electron chi connectivity index (χ3n) is 6.73. The van der Waals surface area contributed by atoms with Crippen molar-refractivity contribution < 1.29 is 23.9 Å². The molecule has 0 aromatic heterocycles. The lowest BCUT2D eigenvalue weighted by Crippen LogP contribution is -2.31. The molecule has 0 N–H and O–H groups in total. The van der Waals surface area contributed by atoms with Crippen LogP contribution in [-0.2, 0) is 19.2 Å². The molecule has 2 aromatic rings. The topological polar surface area (TPSA) is 84.0 Å². The molecule has 3 aliphatic rings. The van der Waals surface area contributed by atoms with Crippen molar-refractivity contribution in [3.05, 3.63) is 65.2 Å². The standard InChI is InChI=1S/C26H23ClN2O5/c1-15-9-10-17(13-22(15)27)28-14-16(11-23(28)30)26(33)34-19-6-4-5-18(12-19)29-24(31)20-7-2-3-8-21(20)25(29)32/h2-6,9-10,12-13,16,20-21H,7-8,11,14H2,1H3/t16-,20-,21-/m1/s1. The van der Waals surface area contributed by atoms with Crippen LogP contribution in [-0.4, -0.2) is 30.2 Å². The summed E-state index contributed by atoms with van der Waals surface area (Å²) in [5.74, 6) is -2.26. The van der Waals surface area contributed by atoms with Crippen LogP contribution < -0.4 is 14.5 Å². The predicted octanol–water partition coefficient (Wildman–Crippen LogP) is 4.06. The number of imide groups is 1. The first-order valence-electron chi connectivity index (χ1n) is 11.2. The number of anilines is 2. The average Bonchev–Trinajstić information content (AvgIpc) is 3.34.